The molecule has 0 atom stereocenters. The maximum Gasteiger partial charge on any atom is 0.166 e. The molecule has 2 aromatic rings. The van der Waals surface area contributed by atoms with Crippen molar-refractivity contribution in [2.75, 3.05) is 37.0 Å². The first-order valence-corrected chi connectivity index (χ1v) is 8.37. The first-order valence-electron chi connectivity index (χ1n) is 6.59. The zero-order valence-electron chi connectivity index (χ0n) is 11.4. The van der Waals surface area contributed by atoms with Gasteiger partial charge in [-0.1, -0.05) is 11.8 Å². The first-order chi connectivity index (χ1) is 10.6. The van der Waals surface area contributed by atoms with Crippen molar-refractivity contribution in [1.82, 2.24) is 9.97 Å². The molecule has 0 bridgehead atoms. The number of H-pyrrole nitrogens is 1. The van der Waals surface area contributed by atoms with Gasteiger partial charge < -0.3 is 24.5 Å². The summed E-state index contributed by atoms with van der Waals surface area (Å²) in [5.41, 5.74) is 1.55. The van der Waals surface area contributed by atoms with Gasteiger partial charge in [0.1, 0.15) is 11.3 Å². The average molecular weight is 389 g/mol. The standard InChI is InChI=1S/C13H13BrFN3O3S/c14-10-11-8(16-13(17-11)22-6-9(19)20)5-7(15)12(10)18-1-3-21-4-2-18/h5H,1-4,6H2,(H,16,17)(H,19,20)/p-1. The molecule has 3 rings (SSSR count). The second-order valence-electron chi connectivity index (χ2n) is 4.72. The molecule has 118 valence electrons. The molecule has 0 spiro atoms. The van der Waals surface area contributed by atoms with Crippen molar-refractivity contribution < 1.29 is 19.0 Å². The van der Waals surface area contributed by atoms with Gasteiger partial charge in [-0.25, -0.2) is 9.37 Å². The van der Waals surface area contributed by atoms with Crippen LogP contribution in [0.4, 0.5) is 10.1 Å². The molecule has 1 aromatic carbocycles. The van der Waals surface area contributed by atoms with Crippen LogP contribution in [0.5, 0.6) is 0 Å². The summed E-state index contributed by atoms with van der Waals surface area (Å²) in [6.45, 7) is 2.32. The summed E-state index contributed by atoms with van der Waals surface area (Å²) >= 11 is 4.42. The summed E-state index contributed by atoms with van der Waals surface area (Å²) in [6.07, 6.45) is 0. The van der Waals surface area contributed by atoms with E-state index in [2.05, 4.69) is 25.9 Å². The van der Waals surface area contributed by atoms with Gasteiger partial charge in [0.05, 0.1) is 34.9 Å². The van der Waals surface area contributed by atoms with Crippen LogP contribution in [-0.2, 0) is 9.53 Å². The fourth-order valence-electron chi connectivity index (χ4n) is 2.32. The molecular weight excluding hydrogens is 377 g/mol. The summed E-state index contributed by atoms with van der Waals surface area (Å²) in [7, 11) is 0. The molecule has 1 aromatic heterocycles. The van der Waals surface area contributed by atoms with Crippen LogP contribution in [0.2, 0.25) is 0 Å². The SMILES string of the molecule is O=C([O-])CSc1nc2c(Br)c(N3CCOCC3)c(F)cc2[nH]1. The van der Waals surface area contributed by atoms with Gasteiger partial charge in [0.2, 0.25) is 0 Å². The summed E-state index contributed by atoms with van der Waals surface area (Å²) in [4.78, 5) is 19.7. The van der Waals surface area contributed by atoms with Crippen LogP contribution in [-0.4, -0.2) is 48.0 Å². The molecule has 1 fully saturated rings. The van der Waals surface area contributed by atoms with Gasteiger partial charge in [0, 0.05) is 24.9 Å². The second-order valence-corrected chi connectivity index (χ2v) is 6.48. The molecule has 1 aliphatic rings. The second kappa shape index (κ2) is 6.43. The number of carbonyl (C=O) groups is 1. The number of fused-ring (bicyclic) bond motifs is 1. The Hall–Kier alpha value is -1.32. The largest absolute Gasteiger partial charge is 0.549 e. The number of thioether (sulfide) groups is 1. The number of halogens is 2. The third-order valence-electron chi connectivity index (χ3n) is 3.28. The Morgan fingerprint density at radius 3 is 2.95 bits per heavy atom. The molecule has 1 aliphatic heterocycles. The fourth-order valence-corrected chi connectivity index (χ4v) is 3.66. The van der Waals surface area contributed by atoms with E-state index in [1.54, 1.807) is 0 Å². The van der Waals surface area contributed by atoms with E-state index in [-0.39, 0.29) is 11.6 Å². The quantitative estimate of drug-likeness (QED) is 0.791. The predicted octanol–water partition coefficient (Wildman–Crippen LogP) is 1.14. The van der Waals surface area contributed by atoms with Gasteiger partial charge in [0.15, 0.2) is 5.16 Å². The van der Waals surface area contributed by atoms with Gasteiger partial charge in [-0.2, -0.15) is 0 Å². The first kappa shape index (κ1) is 15.6. The van der Waals surface area contributed by atoms with Crippen LogP contribution in [0.1, 0.15) is 0 Å². The summed E-state index contributed by atoms with van der Waals surface area (Å²) < 4.78 is 20.3. The van der Waals surface area contributed by atoms with Crippen LogP contribution in [0.15, 0.2) is 15.7 Å². The maximum absolute atomic E-state index is 14.4. The van der Waals surface area contributed by atoms with E-state index in [4.69, 9.17) is 4.74 Å². The minimum absolute atomic E-state index is 0.212. The van der Waals surface area contributed by atoms with Gasteiger partial charge in [-0.3, -0.25) is 0 Å². The Bertz CT molecular complexity index is 718. The highest BCUT2D eigenvalue weighted by Gasteiger charge is 2.22. The number of rotatable bonds is 4. The Labute approximate surface area is 138 Å². The molecular formula is C13H12BrFN3O3S-. The number of nitrogens with zero attached hydrogens (tertiary/aromatic N) is 2. The number of carboxylic acid groups (broad SMARTS) is 1. The number of hydrogen-bond donors (Lipinski definition) is 1. The monoisotopic (exact) mass is 388 g/mol. The number of hydrogen-bond acceptors (Lipinski definition) is 6. The minimum atomic E-state index is -1.18. The number of ether oxygens (including phenoxy) is 1. The summed E-state index contributed by atoms with van der Waals surface area (Å²) in [5.74, 6) is -1.75. The average Bonchev–Trinajstić information content (AvgIpc) is 2.89. The van der Waals surface area contributed by atoms with E-state index in [1.807, 2.05) is 4.90 Å². The number of nitrogens with one attached hydrogen (secondary N) is 1. The maximum atomic E-state index is 14.4. The number of carboxylic acids is 1. The van der Waals surface area contributed by atoms with E-state index in [9.17, 15) is 14.3 Å². The number of aliphatic carboxylic acids is 1. The predicted molar refractivity (Wildman–Crippen MR) is 82.5 cm³/mol. The van der Waals surface area contributed by atoms with Gasteiger partial charge in [-0.05, 0) is 15.9 Å². The number of imidazole rings is 1. The zero-order valence-corrected chi connectivity index (χ0v) is 13.8. The van der Waals surface area contributed by atoms with Crippen LogP contribution >= 0.6 is 27.7 Å². The smallest absolute Gasteiger partial charge is 0.166 e. The molecule has 0 saturated carbocycles. The molecule has 0 amide bonds. The molecule has 1 N–H and O–H groups in total. The molecule has 0 radical (unpaired) electrons. The van der Waals surface area contributed by atoms with Gasteiger partial charge in [-0.15, -0.1) is 0 Å². The molecule has 9 heteroatoms. The number of aromatic nitrogens is 2. The molecule has 0 aliphatic carbocycles. The van der Waals surface area contributed by atoms with Crippen molar-refractivity contribution in [3.8, 4) is 0 Å². The Balaban J connectivity index is 1.98. The summed E-state index contributed by atoms with van der Waals surface area (Å²) in [6, 6.07) is 1.38. The van der Waals surface area contributed by atoms with Gasteiger partial charge >= 0.3 is 0 Å². The Morgan fingerprint density at radius 2 is 2.27 bits per heavy atom. The fraction of sp³-hybridized carbons (Fsp3) is 0.385. The van der Waals surface area contributed by atoms with Crippen molar-refractivity contribution in [3.05, 3.63) is 16.4 Å². The summed E-state index contributed by atoms with van der Waals surface area (Å²) in [5, 5.41) is 10.9. The number of benzene rings is 1. The molecule has 0 unspecified atom stereocenters. The van der Waals surface area contributed by atoms with E-state index >= 15 is 0 Å². The van der Waals surface area contributed by atoms with Crippen LogP contribution < -0.4 is 10.0 Å². The van der Waals surface area contributed by atoms with Crippen molar-refractivity contribution in [2.45, 2.75) is 5.16 Å². The number of aromatic amines is 1. The zero-order chi connectivity index (χ0) is 15.7. The highest BCUT2D eigenvalue weighted by atomic mass is 79.9. The van der Waals surface area contributed by atoms with E-state index < -0.39 is 5.97 Å². The highest BCUT2D eigenvalue weighted by Crippen LogP contribution is 2.36. The van der Waals surface area contributed by atoms with Crippen molar-refractivity contribution in [2.24, 2.45) is 0 Å². The third kappa shape index (κ3) is 3.06. The number of morpholine rings is 1. The van der Waals surface area contributed by atoms with Crippen molar-refractivity contribution >= 4 is 50.4 Å². The lowest BCUT2D eigenvalue weighted by Gasteiger charge is -2.29. The van der Waals surface area contributed by atoms with Crippen LogP contribution in [0, 0.1) is 5.82 Å². The van der Waals surface area contributed by atoms with E-state index in [1.165, 1.54) is 6.07 Å². The van der Waals surface area contributed by atoms with Crippen LogP contribution in [0.25, 0.3) is 11.0 Å². The lowest BCUT2D eigenvalue weighted by Crippen LogP contribution is -2.37. The van der Waals surface area contributed by atoms with Crippen molar-refractivity contribution in [1.29, 1.82) is 0 Å². The number of carbonyl (C=O) groups excluding carboxylic acids is 1. The topological polar surface area (TPSA) is 81.3 Å². The van der Waals surface area contributed by atoms with E-state index in [0.29, 0.717) is 52.7 Å². The Morgan fingerprint density at radius 1 is 1.55 bits per heavy atom. The number of anilines is 1. The minimum Gasteiger partial charge on any atom is -0.549 e. The molecule has 1 saturated heterocycles. The molecule has 22 heavy (non-hydrogen) atoms. The van der Waals surface area contributed by atoms with E-state index in [0.717, 1.165) is 11.8 Å². The Kier molecular flexibility index (Phi) is 4.55. The lowest BCUT2D eigenvalue weighted by molar-refractivity contribution is -0.301. The van der Waals surface area contributed by atoms with Crippen LogP contribution in [0.3, 0.4) is 0 Å². The lowest BCUT2D eigenvalue weighted by atomic mass is 10.2. The van der Waals surface area contributed by atoms with Gasteiger partial charge in [0.25, 0.3) is 0 Å². The normalized spacial score (nSPS) is 15.5. The highest BCUT2D eigenvalue weighted by molar-refractivity contribution is 9.10. The third-order valence-corrected chi connectivity index (χ3v) is 4.88. The molecule has 2 heterocycles. The molecule has 6 nitrogen and oxygen atoms in total. The van der Waals surface area contributed by atoms with Crippen molar-refractivity contribution in [3.63, 3.8) is 0 Å².